The minimum Gasteiger partial charge on any atom is -0.466 e. The van der Waals surface area contributed by atoms with Crippen LogP contribution in [0, 0.1) is 26.3 Å². The van der Waals surface area contributed by atoms with Crippen LogP contribution in [-0.2, 0) is 28.7 Å². The zero-order chi connectivity index (χ0) is 28.3. The van der Waals surface area contributed by atoms with Gasteiger partial charge in [-0.2, -0.15) is 0 Å². The summed E-state index contributed by atoms with van der Waals surface area (Å²) in [6.45, 7) is 10.3. The van der Waals surface area contributed by atoms with E-state index < -0.39 is 53.9 Å². The van der Waals surface area contributed by atoms with Crippen LogP contribution < -0.4 is 16.4 Å². The summed E-state index contributed by atoms with van der Waals surface area (Å²) in [5.74, 6) is -2.97. The van der Waals surface area contributed by atoms with E-state index in [4.69, 9.17) is 21.6 Å². The summed E-state index contributed by atoms with van der Waals surface area (Å²) >= 11 is 0. The van der Waals surface area contributed by atoms with Gasteiger partial charge in [-0.3, -0.25) is 24.1 Å². The molecule has 0 spiro atoms. The third-order valence-electron chi connectivity index (χ3n) is 5.15. The molecule has 1 rings (SSSR count). The van der Waals surface area contributed by atoms with Crippen LogP contribution in [0.3, 0.4) is 0 Å². The van der Waals surface area contributed by atoms with Crippen molar-refractivity contribution in [3.63, 3.8) is 0 Å². The van der Waals surface area contributed by atoms with Gasteiger partial charge in [0.15, 0.2) is 0 Å². The topological polar surface area (TPSA) is 157 Å². The van der Waals surface area contributed by atoms with Crippen molar-refractivity contribution in [2.24, 2.45) is 5.73 Å². The highest BCUT2D eigenvalue weighted by molar-refractivity contribution is 5.95. The third kappa shape index (κ3) is 9.83. The third-order valence-corrected chi connectivity index (χ3v) is 5.15. The first-order valence-corrected chi connectivity index (χ1v) is 11.8. The van der Waals surface area contributed by atoms with Gasteiger partial charge in [-0.05, 0) is 58.2 Å². The van der Waals surface area contributed by atoms with Gasteiger partial charge in [0.1, 0.15) is 17.7 Å². The van der Waals surface area contributed by atoms with Crippen LogP contribution >= 0.6 is 0 Å². The molecule has 2 atom stereocenters. The number of terminal acetylenes is 1. The number of ether oxygens (including phenoxy) is 2. The number of alkyl carbamates (subject to hydrolysis) is 1. The number of nitrogens with zero attached hydrogens (tertiary/aromatic N) is 1. The standard InChI is InChI=1S/C26H36N4O7/c1-8-30(24(34)19(15-20(27)31)29-25(35)37-26(5,6)7)22(18-12-10-11-16(3)17(18)4)23(33)28-14-13-21(32)36-9-2/h1,10-12,19,22H,9,13-15H2,2-7H3,(H2,27,31)(H,28,33)(H,29,35). The van der Waals surface area contributed by atoms with Crippen molar-refractivity contribution in [1.29, 1.82) is 0 Å². The lowest BCUT2D eigenvalue weighted by Crippen LogP contribution is -2.52. The lowest BCUT2D eigenvalue weighted by atomic mass is 9.95. The first-order valence-electron chi connectivity index (χ1n) is 11.8. The SMILES string of the molecule is C#CN(C(=O)C(CC(N)=O)NC(=O)OC(C)(C)C)C(C(=O)NCCC(=O)OCC)c1cccc(C)c1C. The van der Waals surface area contributed by atoms with Crippen LogP contribution in [0.5, 0.6) is 0 Å². The number of hydrogen-bond donors (Lipinski definition) is 3. The first-order chi connectivity index (χ1) is 17.2. The first kappa shape index (κ1) is 31.0. The fourth-order valence-electron chi connectivity index (χ4n) is 3.37. The lowest BCUT2D eigenvalue weighted by molar-refractivity contribution is -0.143. The maximum absolute atomic E-state index is 13.5. The Morgan fingerprint density at radius 3 is 2.35 bits per heavy atom. The van der Waals surface area contributed by atoms with Gasteiger partial charge in [0.2, 0.25) is 11.8 Å². The van der Waals surface area contributed by atoms with Crippen molar-refractivity contribution in [1.82, 2.24) is 15.5 Å². The quantitative estimate of drug-likeness (QED) is 0.229. The largest absolute Gasteiger partial charge is 0.466 e. The maximum Gasteiger partial charge on any atom is 0.408 e. The Hall–Kier alpha value is -4.07. The van der Waals surface area contributed by atoms with E-state index in [1.807, 2.05) is 13.0 Å². The lowest BCUT2D eigenvalue weighted by Gasteiger charge is -2.31. The molecule has 2 unspecified atom stereocenters. The molecule has 37 heavy (non-hydrogen) atoms. The zero-order valence-corrected chi connectivity index (χ0v) is 22.2. The molecule has 0 fully saturated rings. The number of hydrogen-bond acceptors (Lipinski definition) is 7. The van der Waals surface area contributed by atoms with E-state index in [1.165, 1.54) is 0 Å². The van der Waals surface area contributed by atoms with E-state index in [1.54, 1.807) is 46.8 Å². The Kier molecular flexibility index (Phi) is 11.6. The molecule has 1 aromatic carbocycles. The van der Waals surface area contributed by atoms with Crippen LogP contribution in [-0.4, -0.2) is 59.5 Å². The van der Waals surface area contributed by atoms with E-state index in [2.05, 4.69) is 16.7 Å². The molecule has 4 N–H and O–H groups in total. The van der Waals surface area contributed by atoms with Gasteiger partial charge in [-0.15, -0.1) is 0 Å². The van der Waals surface area contributed by atoms with Crippen molar-refractivity contribution in [3.05, 3.63) is 34.9 Å². The number of nitrogens with one attached hydrogen (secondary N) is 2. The fourth-order valence-corrected chi connectivity index (χ4v) is 3.37. The molecule has 0 bridgehead atoms. The van der Waals surface area contributed by atoms with Crippen molar-refractivity contribution in [2.75, 3.05) is 13.2 Å². The van der Waals surface area contributed by atoms with Gasteiger partial charge >= 0.3 is 12.1 Å². The minimum atomic E-state index is -1.50. The van der Waals surface area contributed by atoms with Crippen LogP contribution in [0.1, 0.15) is 63.3 Å². The molecule has 0 radical (unpaired) electrons. The Labute approximate surface area is 217 Å². The van der Waals surface area contributed by atoms with Crippen LogP contribution in [0.25, 0.3) is 0 Å². The second-order valence-corrected chi connectivity index (χ2v) is 9.24. The maximum atomic E-state index is 13.5. The highest BCUT2D eigenvalue weighted by Crippen LogP contribution is 2.27. The molecule has 11 nitrogen and oxygen atoms in total. The number of rotatable bonds is 11. The fraction of sp³-hybridized carbons (Fsp3) is 0.500. The van der Waals surface area contributed by atoms with Gasteiger partial charge in [0.25, 0.3) is 5.91 Å². The van der Waals surface area contributed by atoms with E-state index in [0.29, 0.717) is 11.1 Å². The summed E-state index contributed by atoms with van der Waals surface area (Å²) in [6.07, 6.45) is 4.06. The zero-order valence-electron chi connectivity index (χ0n) is 22.2. The molecule has 1 aromatic rings. The summed E-state index contributed by atoms with van der Waals surface area (Å²) in [7, 11) is 0. The highest BCUT2D eigenvalue weighted by atomic mass is 16.6. The summed E-state index contributed by atoms with van der Waals surface area (Å²) in [4.78, 5) is 63.5. The van der Waals surface area contributed by atoms with Crippen molar-refractivity contribution >= 4 is 29.8 Å². The number of carbonyl (C=O) groups is 5. The predicted molar refractivity (Wildman–Crippen MR) is 136 cm³/mol. The van der Waals surface area contributed by atoms with Crippen molar-refractivity contribution < 1.29 is 33.4 Å². The molecule has 0 saturated heterocycles. The Balaban J connectivity index is 3.39. The molecule has 0 aromatic heterocycles. The summed E-state index contributed by atoms with van der Waals surface area (Å²) in [5, 5.41) is 4.93. The average Bonchev–Trinajstić information content (AvgIpc) is 2.77. The van der Waals surface area contributed by atoms with Crippen LogP contribution in [0.4, 0.5) is 4.79 Å². The monoisotopic (exact) mass is 516 g/mol. The minimum absolute atomic E-state index is 0.0630. The number of carbonyl (C=O) groups excluding carboxylic acids is 5. The van der Waals surface area contributed by atoms with Crippen molar-refractivity contribution in [2.45, 2.75) is 72.1 Å². The van der Waals surface area contributed by atoms with Gasteiger partial charge in [0, 0.05) is 12.6 Å². The molecule has 0 heterocycles. The van der Waals surface area contributed by atoms with E-state index in [-0.39, 0.29) is 19.6 Å². The summed E-state index contributed by atoms with van der Waals surface area (Å²) < 4.78 is 10.1. The van der Waals surface area contributed by atoms with Gasteiger partial charge in [-0.25, -0.2) is 4.79 Å². The smallest absolute Gasteiger partial charge is 0.408 e. The van der Waals surface area contributed by atoms with E-state index >= 15 is 0 Å². The van der Waals surface area contributed by atoms with Gasteiger partial charge in [0.05, 0.1) is 19.4 Å². The average molecular weight is 517 g/mol. The number of amides is 4. The molecule has 4 amide bonds. The number of primary amides is 1. The summed E-state index contributed by atoms with van der Waals surface area (Å²) in [5.41, 5.74) is 6.40. The molecule has 0 aliphatic rings. The number of aryl methyl sites for hydroxylation is 1. The highest BCUT2D eigenvalue weighted by Gasteiger charge is 2.37. The second-order valence-electron chi connectivity index (χ2n) is 9.24. The Morgan fingerprint density at radius 1 is 1.16 bits per heavy atom. The van der Waals surface area contributed by atoms with Gasteiger partial charge < -0.3 is 25.8 Å². The second kappa shape index (κ2) is 13.9. The molecule has 11 heteroatoms. The Bertz CT molecular complexity index is 1060. The van der Waals surface area contributed by atoms with Crippen LogP contribution in [0.2, 0.25) is 0 Å². The van der Waals surface area contributed by atoms with Crippen molar-refractivity contribution in [3.8, 4) is 12.5 Å². The molecular formula is C26H36N4O7. The van der Waals surface area contributed by atoms with Crippen LogP contribution in [0.15, 0.2) is 18.2 Å². The molecule has 0 aliphatic carbocycles. The molecule has 0 aliphatic heterocycles. The number of benzene rings is 1. The number of esters is 1. The van der Waals surface area contributed by atoms with Gasteiger partial charge in [-0.1, -0.05) is 24.6 Å². The summed E-state index contributed by atoms with van der Waals surface area (Å²) in [6, 6.07) is 4.55. The van der Waals surface area contributed by atoms with E-state index in [0.717, 1.165) is 10.5 Å². The molecule has 202 valence electrons. The van der Waals surface area contributed by atoms with E-state index in [9.17, 15) is 24.0 Å². The molecule has 0 saturated carbocycles. The molecular weight excluding hydrogens is 480 g/mol. The predicted octanol–water partition coefficient (Wildman–Crippen LogP) is 1.60. The number of nitrogens with two attached hydrogens (primary N) is 1. The Morgan fingerprint density at radius 2 is 1.81 bits per heavy atom. The normalized spacial score (nSPS) is 12.4.